The van der Waals surface area contributed by atoms with Crippen LogP contribution >= 0.6 is 0 Å². The van der Waals surface area contributed by atoms with E-state index in [2.05, 4.69) is 18.3 Å². The molecule has 148 valence electrons. The standard InChI is InChI=1S/C24H27F2NO/c1-14-10-16-4-5-17(19-7-6-18(25)12-21(19)26)11-20(16)15(2)23(14)27-22(28)13-24(3)8-9-24/h6-7,10,12,17H,4-5,8-9,11,13H2,1-3H3,(H,27,28). The van der Waals surface area contributed by atoms with Crippen molar-refractivity contribution in [3.8, 4) is 0 Å². The van der Waals surface area contributed by atoms with Gasteiger partial charge in [-0.25, -0.2) is 8.78 Å². The Kier molecular flexibility index (Phi) is 4.76. The molecule has 28 heavy (non-hydrogen) atoms. The molecule has 0 radical (unpaired) electrons. The van der Waals surface area contributed by atoms with Gasteiger partial charge in [0, 0.05) is 18.2 Å². The Balaban J connectivity index is 1.60. The second-order valence-corrected chi connectivity index (χ2v) is 8.97. The highest BCUT2D eigenvalue weighted by Crippen LogP contribution is 2.48. The van der Waals surface area contributed by atoms with Gasteiger partial charge in [-0.05, 0) is 91.2 Å². The van der Waals surface area contributed by atoms with E-state index in [0.717, 1.165) is 48.6 Å². The number of benzene rings is 2. The maximum absolute atomic E-state index is 14.3. The number of carbonyl (C=O) groups excluding carboxylic acids is 1. The molecule has 0 heterocycles. The summed E-state index contributed by atoms with van der Waals surface area (Å²) in [5, 5.41) is 3.14. The van der Waals surface area contributed by atoms with E-state index in [-0.39, 0.29) is 17.2 Å². The molecule has 2 aliphatic rings. The Bertz CT molecular complexity index is 946. The Morgan fingerprint density at radius 1 is 1.21 bits per heavy atom. The van der Waals surface area contributed by atoms with Gasteiger partial charge in [-0.3, -0.25) is 4.79 Å². The average Bonchev–Trinajstić information content (AvgIpc) is 3.35. The van der Waals surface area contributed by atoms with Crippen LogP contribution in [0.1, 0.15) is 66.3 Å². The highest BCUT2D eigenvalue weighted by atomic mass is 19.1. The van der Waals surface area contributed by atoms with E-state index in [0.29, 0.717) is 18.4 Å². The monoisotopic (exact) mass is 383 g/mol. The van der Waals surface area contributed by atoms with Crippen LogP contribution in [0.2, 0.25) is 0 Å². The normalized spacial score (nSPS) is 19.8. The number of hydrogen-bond acceptors (Lipinski definition) is 1. The van der Waals surface area contributed by atoms with E-state index in [1.807, 2.05) is 13.8 Å². The number of amides is 1. The summed E-state index contributed by atoms with van der Waals surface area (Å²) in [5.41, 5.74) is 6.28. The van der Waals surface area contributed by atoms with E-state index in [9.17, 15) is 13.6 Å². The lowest BCUT2D eigenvalue weighted by atomic mass is 9.77. The molecule has 2 nitrogen and oxygen atoms in total. The number of nitrogens with one attached hydrogen (secondary N) is 1. The summed E-state index contributed by atoms with van der Waals surface area (Å²) in [6.07, 6.45) is 5.22. The maximum Gasteiger partial charge on any atom is 0.224 e. The van der Waals surface area contributed by atoms with E-state index in [1.165, 1.54) is 17.2 Å². The summed E-state index contributed by atoms with van der Waals surface area (Å²) in [7, 11) is 0. The number of halogens is 2. The molecule has 2 aliphatic carbocycles. The van der Waals surface area contributed by atoms with Gasteiger partial charge in [-0.2, -0.15) is 0 Å². The van der Waals surface area contributed by atoms with Gasteiger partial charge in [-0.1, -0.05) is 19.1 Å². The zero-order valence-corrected chi connectivity index (χ0v) is 16.8. The van der Waals surface area contributed by atoms with Crippen LogP contribution in [0.25, 0.3) is 0 Å². The first-order chi connectivity index (χ1) is 13.3. The molecule has 4 rings (SSSR count). The largest absolute Gasteiger partial charge is 0.326 e. The SMILES string of the molecule is Cc1cc2c(c(C)c1NC(=O)CC1(C)CC1)CC(c1ccc(F)cc1F)CC2. The molecule has 0 aromatic heterocycles. The van der Waals surface area contributed by atoms with Crippen molar-refractivity contribution in [3.63, 3.8) is 0 Å². The quantitative estimate of drug-likeness (QED) is 0.691. The van der Waals surface area contributed by atoms with Crippen molar-refractivity contribution in [1.29, 1.82) is 0 Å². The Morgan fingerprint density at radius 2 is 1.96 bits per heavy atom. The van der Waals surface area contributed by atoms with Crippen LogP contribution in [0.5, 0.6) is 0 Å². The van der Waals surface area contributed by atoms with E-state index in [4.69, 9.17) is 0 Å². The van der Waals surface area contributed by atoms with E-state index >= 15 is 0 Å². The molecule has 2 aromatic rings. The molecule has 0 spiro atoms. The van der Waals surface area contributed by atoms with E-state index < -0.39 is 11.6 Å². The highest BCUT2D eigenvalue weighted by Gasteiger charge is 2.39. The Labute approximate surface area is 165 Å². The van der Waals surface area contributed by atoms with Gasteiger partial charge < -0.3 is 5.32 Å². The summed E-state index contributed by atoms with van der Waals surface area (Å²) in [4.78, 5) is 12.5. The fourth-order valence-electron chi connectivity index (χ4n) is 4.55. The summed E-state index contributed by atoms with van der Waals surface area (Å²) >= 11 is 0. The number of anilines is 1. The number of aryl methyl sites for hydroxylation is 2. The zero-order chi connectivity index (χ0) is 20.1. The van der Waals surface area contributed by atoms with Crippen molar-refractivity contribution in [2.45, 2.75) is 65.2 Å². The lowest BCUT2D eigenvalue weighted by molar-refractivity contribution is -0.117. The van der Waals surface area contributed by atoms with Gasteiger partial charge in [-0.15, -0.1) is 0 Å². The fraction of sp³-hybridized carbons (Fsp3) is 0.458. The predicted octanol–water partition coefficient (Wildman–Crippen LogP) is 5.98. The molecular formula is C24H27F2NO. The van der Waals surface area contributed by atoms with Crippen LogP contribution in [0.4, 0.5) is 14.5 Å². The first-order valence-corrected chi connectivity index (χ1v) is 10.1. The van der Waals surface area contributed by atoms with Crippen LogP contribution < -0.4 is 5.32 Å². The minimum Gasteiger partial charge on any atom is -0.326 e. The Morgan fingerprint density at radius 3 is 2.64 bits per heavy atom. The van der Waals surface area contributed by atoms with Crippen molar-refractivity contribution in [3.05, 3.63) is 63.7 Å². The van der Waals surface area contributed by atoms with Gasteiger partial charge in [0.15, 0.2) is 0 Å². The molecule has 1 amide bonds. The summed E-state index contributed by atoms with van der Waals surface area (Å²) < 4.78 is 27.6. The summed E-state index contributed by atoms with van der Waals surface area (Å²) in [5.74, 6) is -0.908. The maximum atomic E-state index is 14.3. The predicted molar refractivity (Wildman–Crippen MR) is 108 cm³/mol. The van der Waals surface area contributed by atoms with Crippen LogP contribution in [0, 0.1) is 30.9 Å². The Hall–Kier alpha value is -2.23. The third kappa shape index (κ3) is 3.69. The van der Waals surface area contributed by atoms with Crippen molar-refractivity contribution < 1.29 is 13.6 Å². The minimum absolute atomic E-state index is 0.0310. The van der Waals surface area contributed by atoms with Gasteiger partial charge in [0.1, 0.15) is 11.6 Å². The van der Waals surface area contributed by atoms with Crippen LogP contribution in [0.15, 0.2) is 24.3 Å². The van der Waals surface area contributed by atoms with Crippen LogP contribution in [-0.2, 0) is 17.6 Å². The van der Waals surface area contributed by atoms with Gasteiger partial charge in [0.05, 0.1) is 0 Å². The molecule has 0 saturated heterocycles. The lowest BCUT2D eigenvalue weighted by Gasteiger charge is -2.29. The second kappa shape index (κ2) is 6.98. The minimum atomic E-state index is -0.543. The number of hydrogen-bond donors (Lipinski definition) is 1. The van der Waals surface area contributed by atoms with Crippen molar-refractivity contribution in [1.82, 2.24) is 0 Å². The molecule has 0 bridgehead atoms. The highest BCUT2D eigenvalue weighted by molar-refractivity contribution is 5.93. The molecule has 4 heteroatoms. The molecule has 1 atom stereocenters. The number of fused-ring (bicyclic) bond motifs is 1. The van der Waals surface area contributed by atoms with Crippen LogP contribution in [-0.4, -0.2) is 5.91 Å². The van der Waals surface area contributed by atoms with Crippen molar-refractivity contribution in [2.75, 3.05) is 5.32 Å². The number of carbonyl (C=O) groups is 1. The van der Waals surface area contributed by atoms with Crippen LogP contribution in [0.3, 0.4) is 0 Å². The van der Waals surface area contributed by atoms with Gasteiger partial charge >= 0.3 is 0 Å². The zero-order valence-electron chi connectivity index (χ0n) is 16.8. The third-order valence-electron chi connectivity index (χ3n) is 6.57. The molecular weight excluding hydrogens is 356 g/mol. The fourth-order valence-corrected chi connectivity index (χ4v) is 4.55. The topological polar surface area (TPSA) is 29.1 Å². The first kappa shape index (κ1) is 19.1. The molecule has 1 unspecified atom stereocenters. The first-order valence-electron chi connectivity index (χ1n) is 10.1. The van der Waals surface area contributed by atoms with E-state index in [1.54, 1.807) is 6.07 Å². The second-order valence-electron chi connectivity index (χ2n) is 8.97. The summed E-state index contributed by atoms with van der Waals surface area (Å²) in [6, 6.07) is 6.04. The van der Waals surface area contributed by atoms with Gasteiger partial charge in [0.25, 0.3) is 0 Å². The molecule has 1 N–H and O–H groups in total. The third-order valence-corrected chi connectivity index (χ3v) is 6.57. The lowest BCUT2D eigenvalue weighted by Crippen LogP contribution is -2.20. The molecule has 1 fully saturated rings. The summed E-state index contributed by atoms with van der Waals surface area (Å²) in [6.45, 7) is 6.23. The molecule has 2 aromatic carbocycles. The average molecular weight is 383 g/mol. The number of rotatable bonds is 4. The van der Waals surface area contributed by atoms with Crippen molar-refractivity contribution in [2.24, 2.45) is 5.41 Å². The molecule has 1 saturated carbocycles. The smallest absolute Gasteiger partial charge is 0.224 e. The van der Waals surface area contributed by atoms with Crippen molar-refractivity contribution >= 4 is 11.6 Å². The van der Waals surface area contributed by atoms with Gasteiger partial charge in [0.2, 0.25) is 5.91 Å². The molecule has 0 aliphatic heterocycles.